The lowest BCUT2D eigenvalue weighted by Gasteiger charge is -2.23. The summed E-state index contributed by atoms with van der Waals surface area (Å²) in [5.74, 6) is -0.0786. The van der Waals surface area contributed by atoms with Crippen LogP contribution in [0.25, 0.3) is 16.8 Å². The lowest BCUT2D eigenvalue weighted by atomic mass is 10.0. The molecule has 3 aromatic rings. The molecule has 29 heavy (non-hydrogen) atoms. The van der Waals surface area contributed by atoms with Crippen LogP contribution in [0.4, 0.5) is 0 Å². The summed E-state index contributed by atoms with van der Waals surface area (Å²) >= 11 is 0. The monoisotopic (exact) mass is 391 g/mol. The van der Waals surface area contributed by atoms with E-state index in [9.17, 15) is 4.79 Å². The maximum Gasteiger partial charge on any atom is 0.254 e. The van der Waals surface area contributed by atoms with Crippen LogP contribution in [-0.2, 0) is 0 Å². The number of benzene rings is 1. The van der Waals surface area contributed by atoms with E-state index in [2.05, 4.69) is 47.2 Å². The summed E-state index contributed by atoms with van der Waals surface area (Å²) in [4.78, 5) is 19.9. The number of nitrogens with one attached hydrogen (secondary N) is 1. The van der Waals surface area contributed by atoms with Crippen molar-refractivity contribution in [3.63, 3.8) is 0 Å². The SMILES string of the molecule is CCN1CCC[C@H]1CNC(=O)c1cnc2c(-c3cccc(C)c3)c(C)nn2c1C. The minimum absolute atomic E-state index is 0.0786. The van der Waals surface area contributed by atoms with Crippen LogP contribution in [-0.4, -0.2) is 51.1 Å². The average molecular weight is 392 g/mol. The Morgan fingerprint density at radius 1 is 1.28 bits per heavy atom. The van der Waals surface area contributed by atoms with Crippen LogP contribution in [0.3, 0.4) is 0 Å². The fraction of sp³-hybridized carbons (Fsp3) is 0.435. The fourth-order valence-electron chi connectivity index (χ4n) is 4.41. The molecule has 4 rings (SSSR count). The van der Waals surface area contributed by atoms with Crippen molar-refractivity contribution in [2.24, 2.45) is 0 Å². The van der Waals surface area contributed by atoms with Gasteiger partial charge in [-0.1, -0.05) is 36.8 Å². The molecule has 0 unspecified atom stereocenters. The number of amides is 1. The maximum atomic E-state index is 12.9. The second-order valence-corrected chi connectivity index (χ2v) is 7.96. The Kier molecular flexibility index (Phi) is 5.37. The van der Waals surface area contributed by atoms with Gasteiger partial charge in [0.25, 0.3) is 5.91 Å². The molecule has 2 aromatic heterocycles. The number of hydrogen-bond donors (Lipinski definition) is 1. The largest absolute Gasteiger partial charge is 0.350 e. The number of likely N-dealkylation sites (N-methyl/N-ethyl adjacent to an activating group) is 1. The summed E-state index contributed by atoms with van der Waals surface area (Å²) in [7, 11) is 0. The second-order valence-electron chi connectivity index (χ2n) is 7.96. The van der Waals surface area contributed by atoms with Crippen molar-refractivity contribution in [2.45, 2.75) is 46.6 Å². The number of fused-ring (bicyclic) bond motifs is 1. The van der Waals surface area contributed by atoms with Crippen molar-refractivity contribution in [2.75, 3.05) is 19.6 Å². The van der Waals surface area contributed by atoms with Crippen molar-refractivity contribution in [1.82, 2.24) is 24.8 Å². The third-order valence-corrected chi connectivity index (χ3v) is 6.01. The molecule has 1 fully saturated rings. The predicted octanol–water partition coefficient (Wildman–Crippen LogP) is 3.54. The number of likely N-dealkylation sites (tertiary alicyclic amines) is 1. The van der Waals surface area contributed by atoms with E-state index in [1.807, 2.05) is 19.9 Å². The standard InChI is InChI=1S/C23H29N5O/c1-5-27-11-7-10-19(27)13-25-23(29)20-14-24-22-21(16(3)26-28(22)17(20)4)18-9-6-8-15(2)12-18/h6,8-9,12,14,19H,5,7,10-11,13H2,1-4H3,(H,25,29)/t19-/m0/s1. The quantitative estimate of drug-likeness (QED) is 0.723. The zero-order chi connectivity index (χ0) is 20.5. The van der Waals surface area contributed by atoms with Crippen LogP contribution in [0, 0.1) is 20.8 Å². The Bertz CT molecular complexity index is 1050. The summed E-state index contributed by atoms with van der Waals surface area (Å²) in [6.45, 7) is 11.0. The molecule has 0 aliphatic carbocycles. The van der Waals surface area contributed by atoms with E-state index < -0.39 is 0 Å². The van der Waals surface area contributed by atoms with E-state index in [1.54, 1.807) is 10.7 Å². The number of aromatic nitrogens is 3. The summed E-state index contributed by atoms with van der Waals surface area (Å²) in [5, 5.41) is 7.80. The minimum atomic E-state index is -0.0786. The first-order valence-corrected chi connectivity index (χ1v) is 10.4. The normalized spacial score (nSPS) is 17.2. The fourth-order valence-corrected chi connectivity index (χ4v) is 4.41. The molecule has 1 aliphatic rings. The average Bonchev–Trinajstić information content (AvgIpc) is 3.30. The summed E-state index contributed by atoms with van der Waals surface area (Å²) in [6.07, 6.45) is 4.03. The van der Waals surface area contributed by atoms with Gasteiger partial charge in [-0.2, -0.15) is 5.10 Å². The molecular formula is C23H29N5O. The molecule has 6 nitrogen and oxygen atoms in total. The Morgan fingerprint density at radius 2 is 2.10 bits per heavy atom. The minimum Gasteiger partial charge on any atom is -0.350 e. The molecular weight excluding hydrogens is 362 g/mol. The summed E-state index contributed by atoms with van der Waals surface area (Å²) in [6, 6.07) is 8.78. The highest BCUT2D eigenvalue weighted by molar-refractivity contribution is 5.95. The van der Waals surface area contributed by atoms with Crippen LogP contribution in [0.15, 0.2) is 30.5 Å². The molecule has 152 valence electrons. The van der Waals surface area contributed by atoms with Crippen LogP contribution in [0.1, 0.15) is 47.1 Å². The van der Waals surface area contributed by atoms with Crippen LogP contribution in [0.5, 0.6) is 0 Å². The van der Waals surface area contributed by atoms with Gasteiger partial charge in [0.1, 0.15) is 0 Å². The molecule has 1 amide bonds. The highest BCUT2D eigenvalue weighted by Gasteiger charge is 2.24. The second kappa shape index (κ2) is 7.95. The molecule has 0 saturated carbocycles. The van der Waals surface area contributed by atoms with Gasteiger partial charge in [0, 0.05) is 24.3 Å². The van der Waals surface area contributed by atoms with Gasteiger partial charge in [0.05, 0.1) is 17.0 Å². The first-order valence-electron chi connectivity index (χ1n) is 10.4. The Labute approximate surface area is 171 Å². The highest BCUT2D eigenvalue weighted by atomic mass is 16.1. The lowest BCUT2D eigenvalue weighted by molar-refractivity contribution is 0.0939. The zero-order valence-electron chi connectivity index (χ0n) is 17.7. The highest BCUT2D eigenvalue weighted by Crippen LogP contribution is 2.28. The van der Waals surface area contributed by atoms with Gasteiger partial charge in [-0.05, 0) is 52.3 Å². The number of carbonyl (C=O) groups excluding carboxylic acids is 1. The third kappa shape index (κ3) is 3.65. The number of carbonyl (C=O) groups is 1. The first kappa shape index (κ1) is 19.6. The van der Waals surface area contributed by atoms with E-state index in [0.29, 0.717) is 18.2 Å². The number of rotatable bonds is 5. The van der Waals surface area contributed by atoms with Crippen molar-refractivity contribution >= 4 is 11.6 Å². The van der Waals surface area contributed by atoms with Crippen molar-refractivity contribution in [3.05, 3.63) is 53.0 Å². The molecule has 6 heteroatoms. The van der Waals surface area contributed by atoms with Gasteiger partial charge in [0.2, 0.25) is 0 Å². The van der Waals surface area contributed by atoms with E-state index in [4.69, 9.17) is 5.10 Å². The first-order chi connectivity index (χ1) is 14.0. The topological polar surface area (TPSA) is 62.5 Å². The lowest BCUT2D eigenvalue weighted by Crippen LogP contribution is -2.40. The zero-order valence-corrected chi connectivity index (χ0v) is 17.7. The van der Waals surface area contributed by atoms with Gasteiger partial charge < -0.3 is 5.32 Å². The van der Waals surface area contributed by atoms with Gasteiger partial charge in [-0.15, -0.1) is 0 Å². The van der Waals surface area contributed by atoms with Gasteiger partial charge in [0.15, 0.2) is 5.65 Å². The molecule has 3 heterocycles. The van der Waals surface area contributed by atoms with Crippen LogP contribution >= 0.6 is 0 Å². The maximum absolute atomic E-state index is 12.9. The van der Waals surface area contributed by atoms with E-state index >= 15 is 0 Å². The Hall–Kier alpha value is -2.73. The molecule has 0 bridgehead atoms. The number of nitrogens with zero attached hydrogens (tertiary/aromatic N) is 4. The van der Waals surface area contributed by atoms with E-state index in [1.165, 1.54) is 12.0 Å². The van der Waals surface area contributed by atoms with Gasteiger partial charge in [-0.3, -0.25) is 9.69 Å². The Balaban J connectivity index is 1.62. The van der Waals surface area contributed by atoms with E-state index in [-0.39, 0.29) is 5.91 Å². The molecule has 1 aromatic carbocycles. The van der Waals surface area contributed by atoms with Crippen LogP contribution in [0.2, 0.25) is 0 Å². The van der Waals surface area contributed by atoms with Crippen molar-refractivity contribution in [3.8, 4) is 11.1 Å². The number of aryl methyl sites for hydroxylation is 3. The van der Waals surface area contributed by atoms with Crippen molar-refractivity contribution < 1.29 is 4.79 Å². The molecule has 1 atom stereocenters. The molecule has 1 aliphatic heterocycles. The molecule has 0 radical (unpaired) electrons. The number of hydrogen-bond acceptors (Lipinski definition) is 4. The molecule has 1 N–H and O–H groups in total. The van der Waals surface area contributed by atoms with E-state index in [0.717, 1.165) is 47.7 Å². The summed E-state index contributed by atoms with van der Waals surface area (Å²) < 4.78 is 1.80. The third-order valence-electron chi connectivity index (χ3n) is 6.01. The van der Waals surface area contributed by atoms with Crippen molar-refractivity contribution in [1.29, 1.82) is 0 Å². The smallest absolute Gasteiger partial charge is 0.254 e. The van der Waals surface area contributed by atoms with Crippen LogP contribution < -0.4 is 5.32 Å². The molecule has 0 spiro atoms. The van der Waals surface area contributed by atoms with Gasteiger partial charge in [-0.25, -0.2) is 9.50 Å². The Morgan fingerprint density at radius 3 is 2.86 bits per heavy atom. The molecule has 1 saturated heterocycles. The van der Waals surface area contributed by atoms with Gasteiger partial charge >= 0.3 is 0 Å². The predicted molar refractivity (Wildman–Crippen MR) is 115 cm³/mol. The summed E-state index contributed by atoms with van der Waals surface area (Å²) in [5.41, 5.74) is 6.41.